The van der Waals surface area contributed by atoms with Crippen LogP contribution in [0.4, 0.5) is 5.69 Å². The summed E-state index contributed by atoms with van der Waals surface area (Å²) in [5.41, 5.74) is 3.66. The van der Waals surface area contributed by atoms with Crippen LogP contribution in [0.25, 0.3) is 10.9 Å². The second-order valence-corrected chi connectivity index (χ2v) is 7.16. The zero-order chi connectivity index (χ0) is 20.9. The van der Waals surface area contributed by atoms with Gasteiger partial charge in [0.25, 0.3) is 11.8 Å². The van der Waals surface area contributed by atoms with E-state index >= 15 is 0 Å². The number of hydrogen-bond acceptors (Lipinski definition) is 2. The number of carbonyl (C=O) groups excluding carboxylic acids is 2. The standard InChI is InChI=1S/C25H23N3O2/c1-28-17-21(19-11-6-8-14-23(19)28)25(30)27-22-13-7-5-12-20(22)24(29)26-16-15-18-9-3-2-4-10-18/h2-14,17H,15-16H2,1H3,(H,26,29)(H,27,30). The van der Waals surface area contributed by atoms with Crippen molar-refractivity contribution in [1.82, 2.24) is 9.88 Å². The molecule has 2 N–H and O–H groups in total. The van der Waals surface area contributed by atoms with E-state index in [0.717, 1.165) is 22.9 Å². The van der Waals surface area contributed by atoms with Gasteiger partial charge in [-0.1, -0.05) is 60.7 Å². The highest BCUT2D eigenvalue weighted by Crippen LogP contribution is 2.22. The van der Waals surface area contributed by atoms with E-state index in [0.29, 0.717) is 23.4 Å². The van der Waals surface area contributed by atoms with Crippen molar-refractivity contribution in [3.05, 3.63) is 102 Å². The minimum atomic E-state index is -0.240. The summed E-state index contributed by atoms with van der Waals surface area (Å²) in [4.78, 5) is 25.7. The fourth-order valence-corrected chi connectivity index (χ4v) is 3.56. The summed E-state index contributed by atoms with van der Waals surface area (Å²) in [5, 5.41) is 6.73. The lowest BCUT2D eigenvalue weighted by Gasteiger charge is -2.11. The van der Waals surface area contributed by atoms with Gasteiger partial charge in [-0.3, -0.25) is 9.59 Å². The average molecular weight is 397 g/mol. The third-order valence-electron chi connectivity index (χ3n) is 5.10. The zero-order valence-electron chi connectivity index (χ0n) is 16.8. The number of benzene rings is 3. The molecule has 0 aliphatic heterocycles. The summed E-state index contributed by atoms with van der Waals surface area (Å²) in [6.07, 6.45) is 2.56. The Hall–Kier alpha value is -3.86. The predicted octanol–water partition coefficient (Wildman–Crippen LogP) is 4.40. The van der Waals surface area contributed by atoms with Gasteiger partial charge in [0, 0.05) is 30.7 Å². The van der Waals surface area contributed by atoms with Gasteiger partial charge in [-0.25, -0.2) is 0 Å². The van der Waals surface area contributed by atoms with E-state index in [1.807, 2.05) is 72.4 Å². The largest absolute Gasteiger partial charge is 0.352 e. The van der Waals surface area contributed by atoms with E-state index in [2.05, 4.69) is 10.6 Å². The van der Waals surface area contributed by atoms with Crippen molar-refractivity contribution in [3.63, 3.8) is 0 Å². The number of aryl methyl sites for hydroxylation is 1. The van der Waals surface area contributed by atoms with Crippen molar-refractivity contribution in [2.75, 3.05) is 11.9 Å². The molecule has 150 valence electrons. The van der Waals surface area contributed by atoms with Crippen molar-refractivity contribution < 1.29 is 9.59 Å². The highest BCUT2D eigenvalue weighted by molar-refractivity contribution is 6.14. The predicted molar refractivity (Wildman–Crippen MR) is 120 cm³/mol. The Labute approximate surface area is 175 Å². The Morgan fingerprint density at radius 1 is 0.800 bits per heavy atom. The zero-order valence-corrected chi connectivity index (χ0v) is 16.8. The minimum absolute atomic E-state index is 0.209. The Bertz CT molecular complexity index is 1200. The van der Waals surface area contributed by atoms with Gasteiger partial charge in [0.1, 0.15) is 0 Å². The molecule has 0 fully saturated rings. The van der Waals surface area contributed by atoms with E-state index in [4.69, 9.17) is 0 Å². The number of nitrogens with one attached hydrogen (secondary N) is 2. The molecule has 0 atom stereocenters. The maximum absolute atomic E-state index is 13.0. The molecule has 1 heterocycles. The SMILES string of the molecule is Cn1cc(C(=O)Nc2ccccc2C(=O)NCCc2ccccc2)c2ccccc21. The van der Waals surface area contributed by atoms with Crippen LogP contribution in [-0.2, 0) is 13.5 Å². The summed E-state index contributed by atoms with van der Waals surface area (Å²) in [7, 11) is 1.91. The van der Waals surface area contributed by atoms with Crippen molar-refractivity contribution in [2.24, 2.45) is 7.05 Å². The monoisotopic (exact) mass is 397 g/mol. The second-order valence-electron chi connectivity index (χ2n) is 7.16. The third kappa shape index (κ3) is 4.10. The summed E-state index contributed by atoms with van der Waals surface area (Å²) in [6.45, 7) is 0.522. The molecule has 0 aliphatic carbocycles. The average Bonchev–Trinajstić information content (AvgIpc) is 3.12. The molecular formula is C25H23N3O2. The van der Waals surface area contributed by atoms with Crippen LogP contribution in [0.15, 0.2) is 85.1 Å². The first-order chi connectivity index (χ1) is 14.6. The van der Waals surface area contributed by atoms with E-state index in [1.165, 1.54) is 0 Å². The quantitative estimate of drug-likeness (QED) is 0.506. The summed E-state index contributed by atoms with van der Waals surface area (Å²) in [5.74, 6) is -0.448. The molecule has 0 spiro atoms. The first-order valence-corrected chi connectivity index (χ1v) is 9.90. The van der Waals surface area contributed by atoms with Crippen molar-refractivity contribution in [2.45, 2.75) is 6.42 Å². The molecule has 0 saturated carbocycles. The van der Waals surface area contributed by atoms with Crippen LogP contribution in [0, 0.1) is 0 Å². The summed E-state index contributed by atoms with van der Waals surface area (Å²) < 4.78 is 1.92. The van der Waals surface area contributed by atoms with E-state index < -0.39 is 0 Å². The number of hydrogen-bond donors (Lipinski definition) is 2. The Morgan fingerprint density at radius 2 is 1.50 bits per heavy atom. The van der Waals surface area contributed by atoms with Gasteiger partial charge in [0.2, 0.25) is 0 Å². The van der Waals surface area contributed by atoms with Gasteiger partial charge in [0.15, 0.2) is 0 Å². The van der Waals surface area contributed by atoms with Crippen molar-refractivity contribution in [1.29, 1.82) is 0 Å². The Morgan fingerprint density at radius 3 is 2.33 bits per heavy atom. The molecule has 4 aromatic rings. The number of nitrogens with zero attached hydrogens (tertiary/aromatic N) is 1. The van der Waals surface area contributed by atoms with Gasteiger partial charge >= 0.3 is 0 Å². The van der Waals surface area contributed by atoms with Crippen LogP contribution >= 0.6 is 0 Å². The second kappa shape index (κ2) is 8.66. The number of aromatic nitrogens is 1. The number of para-hydroxylation sites is 2. The third-order valence-corrected chi connectivity index (χ3v) is 5.10. The molecule has 0 aliphatic rings. The molecule has 1 aromatic heterocycles. The van der Waals surface area contributed by atoms with Crippen LogP contribution in [0.2, 0.25) is 0 Å². The molecule has 30 heavy (non-hydrogen) atoms. The van der Waals surface area contributed by atoms with Crippen LogP contribution in [0.3, 0.4) is 0 Å². The summed E-state index contributed by atoms with van der Waals surface area (Å²) in [6, 6.07) is 24.8. The lowest BCUT2D eigenvalue weighted by atomic mass is 10.1. The van der Waals surface area contributed by atoms with Crippen LogP contribution in [0.1, 0.15) is 26.3 Å². The highest BCUT2D eigenvalue weighted by atomic mass is 16.2. The number of rotatable bonds is 6. The Balaban J connectivity index is 1.48. The first-order valence-electron chi connectivity index (χ1n) is 9.90. The van der Waals surface area contributed by atoms with Crippen LogP contribution < -0.4 is 10.6 Å². The van der Waals surface area contributed by atoms with E-state index in [9.17, 15) is 9.59 Å². The van der Waals surface area contributed by atoms with Gasteiger partial charge in [-0.15, -0.1) is 0 Å². The topological polar surface area (TPSA) is 63.1 Å². The molecule has 5 nitrogen and oxygen atoms in total. The molecule has 0 bridgehead atoms. The van der Waals surface area contributed by atoms with E-state index in [1.54, 1.807) is 24.3 Å². The first kappa shape index (κ1) is 19.5. The fraction of sp³-hybridized carbons (Fsp3) is 0.120. The van der Waals surface area contributed by atoms with Gasteiger partial charge < -0.3 is 15.2 Å². The van der Waals surface area contributed by atoms with Gasteiger partial charge in [0.05, 0.1) is 16.8 Å². The Kier molecular flexibility index (Phi) is 5.61. The van der Waals surface area contributed by atoms with Gasteiger partial charge in [-0.2, -0.15) is 0 Å². The number of amides is 2. The molecular weight excluding hydrogens is 374 g/mol. The molecule has 0 radical (unpaired) electrons. The maximum atomic E-state index is 13.0. The van der Waals surface area contributed by atoms with Crippen LogP contribution in [-0.4, -0.2) is 22.9 Å². The molecule has 4 rings (SSSR count). The lowest BCUT2D eigenvalue weighted by molar-refractivity contribution is 0.0955. The fourth-order valence-electron chi connectivity index (χ4n) is 3.56. The van der Waals surface area contributed by atoms with Crippen LogP contribution in [0.5, 0.6) is 0 Å². The van der Waals surface area contributed by atoms with E-state index in [-0.39, 0.29) is 11.8 Å². The smallest absolute Gasteiger partial charge is 0.257 e. The molecule has 0 unspecified atom stereocenters. The highest BCUT2D eigenvalue weighted by Gasteiger charge is 2.17. The molecule has 5 heteroatoms. The molecule has 3 aromatic carbocycles. The number of anilines is 1. The number of carbonyl (C=O) groups is 2. The lowest BCUT2D eigenvalue weighted by Crippen LogP contribution is -2.27. The van der Waals surface area contributed by atoms with Crippen molar-refractivity contribution >= 4 is 28.4 Å². The summed E-state index contributed by atoms with van der Waals surface area (Å²) >= 11 is 0. The minimum Gasteiger partial charge on any atom is -0.352 e. The van der Waals surface area contributed by atoms with Gasteiger partial charge in [-0.05, 0) is 30.2 Å². The molecule has 2 amide bonds. The normalized spacial score (nSPS) is 10.7. The number of fused-ring (bicyclic) bond motifs is 1. The van der Waals surface area contributed by atoms with Crippen molar-refractivity contribution in [3.8, 4) is 0 Å². The maximum Gasteiger partial charge on any atom is 0.257 e. The molecule has 0 saturated heterocycles.